The van der Waals surface area contributed by atoms with Crippen LogP contribution in [0.3, 0.4) is 0 Å². The van der Waals surface area contributed by atoms with Gasteiger partial charge in [0, 0.05) is 15.7 Å². The highest BCUT2D eigenvalue weighted by Crippen LogP contribution is 2.42. The van der Waals surface area contributed by atoms with E-state index < -0.39 is 17.7 Å². The van der Waals surface area contributed by atoms with Gasteiger partial charge >= 0.3 is 0 Å². The summed E-state index contributed by atoms with van der Waals surface area (Å²) in [6, 6.07) is 20.3. The number of Topliss-reactive ketones (excluding diaryl/α,β-unsaturated/α-hetero) is 1. The molecule has 0 aromatic heterocycles. The molecular formula is C27H24BrNO5. The van der Waals surface area contributed by atoms with Crippen molar-refractivity contribution in [2.45, 2.75) is 19.9 Å². The van der Waals surface area contributed by atoms with Crippen molar-refractivity contribution in [3.8, 4) is 11.5 Å². The lowest BCUT2D eigenvalue weighted by Crippen LogP contribution is -2.29. The Morgan fingerprint density at radius 2 is 1.38 bits per heavy atom. The van der Waals surface area contributed by atoms with E-state index in [0.717, 1.165) is 4.47 Å². The number of aliphatic hydroxyl groups excluding tert-OH is 1. The molecule has 1 N–H and O–H groups in total. The van der Waals surface area contributed by atoms with E-state index >= 15 is 0 Å². The summed E-state index contributed by atoms with van der Waals surface area (Å²) in [6.45, 7) is 4.82. The lowest BCUT2D eigenvalue weighted by Gasteiger charge is -2.25. The van der Waals surface area contributed by atoms with Crippen molar-refractivity contribution in [2.75, 3.05) is 18.1 Å². The Labute approximate surface area is 206 Å². The Morgan fingerprint density at radius 1 is 0.853 bits per heavy atom. The van der Waals surface area contributed by atoms with Crippen LogP contribution in [-0.2, 0) is 9.59 Å². The molecule has 1 fully saturated rings. The van der Waals surface area contributed by atoms with Crippen LogP contribution in [0.2, 0.25) is 0 Å². The number of hydrogen-bond donors (Lipinski definition) is 1. The minimum atomic E-state index is -0.808. The number of anilines is 1. The van der Waals surface area contributed by atoms with Crippen LogP contribution < -0.4 is 14.4 Å². The zero-order chi connectivity index (χ0) is 24.2. The van der Waals surface area contributed by atoms with Crippen molar-refractivity contribution in [3.05, 3.63) is 94.0 Å². The molecule has 34 heavy (non-hydrogen) atoms. The molecule has 1 unspecified atom stereocenters. The molecule has 1 atom stereocenters. The van der Waals surface area contributed by atoms with Crippen LogP contribution in [-0.4, -0.2) is 30.0 Å². The number of hydrogen-bond acceptors (Lipinski definition) is 5. The summed E-state index contributed by atoms with van der Waals surface area (Å²) >= 11 is 3.38. The molecule has 1 amide bonds. The van der Waals surface area contributed by atoms with Gasteiger partial charge in [0.15, 0.2) is 0 Å². The van der Waals surface area contributed by atoms with Crippen molar-refractivity contribution >= 4 is 39.1 Å². The number of amides is 1. The van der Waals surface area contributed by atoms with Gasteiger partial charge in [-0.1, -0.05) is 40.2 Å². The van der Waals surface area contributed by atoms with Crippen LogP contribution in [0.25, 0.3) is 5.76 Å². The van der Waals surface area contributed by atoms with Gasteiger partial charge in [0.2, 0.25) is 0 Å². The highest BCUT2D eigenvalue weighted by Gasteiger charge is 2.47. The van der Waals surface area contributed by atoms with E-state index in [4.69, 9.17) is 9.47 Å². The molecule has 7 heteroatoms. The van der Waals surface area contributed by atoms with Crippen LogP contribution in [0.1, 0.15) is 31.0 Å². The van der Waals surface area contributed by atoms with Gasteiger partial charge in [-0.15, -0.1) is 0 Å². The molecule has 0 spiro atoms. The molecule has 0 bridgehead atoms. The molecule has 1 saturated heterocycles. The number of rotatable bonds is 7. The van der Waals surface area contributed by atoms with Gasteiger partial charge in [0.25, 0.3) is 11.7 Å². The lowest BCUT2D eigenvalue weighted by molar-refractivity contribution is -0.132. The molecule has 0 saturated carbocycles. The monoisotopic (exact) mass is 521 g/mol. The van der Waals surface area contributed by atoms with E-state index in [1.54, 1.807) is 72.8 Å². The van der Waals surface area contributed by atoms with Gasteiger partial charge in [-0.25, -0.2) is 0 Å². The number of carbonyl (C=O) groups excluding carboxylic acids is 2. The van der Waals surface area contributed by atoms with E-state index in [2.05, 4.69) is 15.9 Å². The first-order valence-electron chi connectivity index (χ1n) is 11.0. The van der Waals surface area contributed by atoms with Gasteiger partial charge in [-0.05, 0) is 67.9 Å². The number of benzene rings is 3. The Kier molecular flexibility index (Phi) is 7.03. The SMILES string of the molecule is CCOc1ccc(C2/C(=C(\O)c3ccc(Br)cc3)C(=O)C(=O)N2c2ccc(OCC)cc2)cc1. The Hall–Kier alpha value is -3.58. The molecule has 6 nitrogen and oxygen atoms in total. The normalized spacial score (nSPS) is 17.1. The summed E-state index contributed by atoms with van der Waals surface area (Å²) in [7, 11) is 0. The summed E-state index contributed by atoms with van der Waals surface area (Å²) < 4.78 is 11.9. The van der Waals surface area contributed by atoms with Gasteiger partial charge in [-0.3, -0.25) is 14.5 Å². The molecular weight excluding hydrogens is 498 g/mol. The zero-order valence-corrected chi connectivity index (χ0v) is 20.4. The molecule has 3 aromatic rings. The van der Waals surface area contributed by atoms with Crippen LogP contribution in [0.4, 0.5) is 5.69 Å². The average molecular weight is 522 g/mol. The van der Waals surface area contributed by atoms with Crippen LogP contribution in [0.5, 0.6) is 11.5 Å². The maximum absolute atomic E-state index is 13.2. The second-order valence-electron chi connectivity index (χ2n) is 7.60. The quantitative estimate of drug-likeness (QED) is 0.239. The van der Waals surface area contributed by atoms with E-state index in [-0.39, 0.29) is 11.3 Å². The van der Waals surface area contributed by atoms with Crippen LogP contribution in [0.15, 0.2) is 82.8 Å². The standard InChI is InChI=1S/C27H24BrNO5/c1-3-33-21-13-7-17(8-14-21)24-23(25(30)18-5-9-19(28)10-6-18)26(31)27(32)29(24)20-11-15-22(16-12-20)34-4-2/h5-16,24,30H,3-4H2,1-2H3/b25-23+. The van der Waals surface area contributed by atoms with Gasteiger partial charge in [-0.2, -0.15) is 0 Å². The fourth-order valence-corrected chi connectivity index (χ4v) is 4.22. The lowest BCUT2D eigenvalue weighted by atomic mass is 9.95. The van der Waals surface area contributed by atoms with E-state index in [1.807, 2.05) is 13.8 Å². The highest BCUT2D eigenvalue weighted by molar-refractivity contribution is 9.10. The van der Waals surface area contributed by atoms with Crippen molar-refractivity contribution in [1.82, 2.24) is 0 Å². The predicted octanol–water partition coefficient (Wildman–Crippen LogP) is 5.87. The van der Waals surface area contributed by atoms with Crippen LogP contribution in [0, 0.1) is 0 Å². The third-order valence-corrected chi connectivity index (χ3v) is 6.02. The van der Waals surface area contributed by atoms with Gasteiger partial charge < -0.3 is 14.6 Å². The molecule has 1 aliphatic rings. The smallest absolute Gasteiger partial charge is 0.300 e. The Morgan fingerprint density at radius 3 is 1.91 bits per heavy atom. The molecule has 1 aliphatic heterocycles. The fraction of sp³-hybridized carbons (Fsp3) is 0.185. The molecule has 0 aliphatic carbocycles. The van der Waals surface area contributed by atoms with Crippen molar-refractivity contribution in [3.63, 3.8) is 0 Å². The van der Waals surface area contributed by atoms with E-state index in [0.29, 0.717) is 41.5 Å². The molecule has 4 rings (SSSR count). The summed E-state index contributed by atoms with van der Waals surface area (Å²) in [5.41, 5.74) is 1.68. The second kappa shape index (κ2) is 10.1. The minimum absolute atomic E-state index is 0.0327. The van der Waals surface area contributed by atoms with Crippen molar-refractivity contribution < 1.29 is 24.2 Å². The Bertz CT molecular complexity index is 1220. The van der Waals surface area contributed by atoms with Gasteiger partial charge in [0.05, 0.1) is 24.8 Å². The number of ether oxygens (including phenoxy) is 2. The second-order valence-corrected chi connectivity index (χ2v) is 8.52. The minimum Gasteiger partial charge on any atom is -0.507 e. The van der Waals surface area contributed by atoms with Crippen LogP contribution >= 0.6 is 15.9 Å². The summed E-state index contributed by atoms with van der Waals surface area (Å²) in [6.07, 6.45) is 0. The molecule has 1 heterocycles. The molecule has 174 valence electrons. The largest absolute Gasteiger partial charge is 0.507 e. The van der Waals surface area contributed by atoms with Gasteiger partial charge in [0.1, 0.15) is 17.3 Å². The molecule has 3 aromatic carbocycles. The topological polar surface area (TPSA) is 76.1 Å². The third-order valence-electron chi connectivity index (χ3n) is 5.49. The Balaban J connectivity index is 1.86. The van der Waals surface area contributed by atoms with Crippen molar-refractivity contribution in [1.29, 1.82) is 0 Å². The maximum Gasteiger partial charge on any atom is 0.300 e. The first-order valence-corrected chi connectivity index (χ1v) is 11.8. The predicted molar refractivity (Wildman–Crippen MR) is 134 cm³/mol. The number of nitrogens with zero attached hydrogens (tertiary/aromatic N) is 1. The molecule has 0 radical (unpaired) electrons. The van der Waals surface area contributed by atoms with Crippen molar-refractivity contribution in [2.24, 2.45) is 0 Å². The zero-order valence-electron chi connectivity index (χ0n) is 18.8. The fourth-order valence-electron chi connectivity index (χ4n) is 3.96. The first-order chi connectivity index (χ1) is 16.4. The third kappa shape index (κ3) is 4.56. The number of aliphatic hydroxyl groups is 1. The summed E-state index contributed by atoms with van der Waals surface area (Å²) in [4.78, 5) is 27.9. The maximum atomic E-state index is 13.2. The number of halogens is 1. The van der Waals surface area contributed by atoms with E-state index in [9.17, 15) is 14.7 Å². The number of carbonyl (C=O) groups is 2. The first kappa shape index (κ1) is 23.6. The average Bonchev–Trinajstić information content (AvgIpc) is 3.11. The highest BCUT2D eigenvalue weighted by atomic mass is 79.9. The summed E-state index contributed by atoms with van der Waals surface area (Å²) in [5.74, 6) is -0.333. The van der Waals surface area contributed by atoms with E-state index in [1.165, 1.54) is 4.90 Å². The summed E-state index contributed by atoms with van der Waals surface area (Å²) in [5, 5.41) is 11.2. The number of ketones is 1.